The minimum Gasteiger partial charge on any atom is -0.496 e. The van der Waals surface area contributed by atoms with Crippen molar-refractivity contribution >= 4 is 11.9 Å². The Balaban J connectivity index is 1.71. The topological polar surface area (TPSA) is 76.1 Å². The smallest absolute Gasteiger partial charge is 0.323 e. The highest BCUT2D eigenvalue weighted by Crippen LogP contribution is 2.34. The summed E-state index contributed by atoms with van der Waals surface area (Å²) in [7, 11) is 2.80. The van der Waals surface area contributed by atoms with Gasteiger partial charge in [0.1, 0.15) is 24.7 Å². The molecule has 32 heavy (non-hydrogen) atoms. The summed E-state index contributed by atoms with van der Waals surface area (Å²) in [6, 6.07) is 15.5. The predicted octanol–water partition coefficient (Wildman–Crippen LogP) is 4.38. The molecule has 8 heteroatoms. The molecule has 0 atom stereocenters. The molecule has 0 saturated carbocycles. The summed E-state index contributed by atoms with van der Waals surface area (Å²) in [6.45, 7) is -0.247. The van der Waals surface area contributed by atoms with E-state index in [4.69, 9.17) is 14.6 Å². The zero-order chi connectivity index (χ0) is 23.3. The summed E-state index contributed by atoms with van der Waals surface area (Å²) >= 11 is 0. The second kappa shape index (κ2) is 9.91. The molecule has 0 unspecified atom stereocenters. The molecule has 0 radical (unpaired) electrons. The fourth-order valence-electron chi connectivity index (χ4n) is 3.15. The lowest BCUT2D eigenvalue weighted by atomic mass is 10.0. The number of hydrogen-bond donors (Lipinski definition) is 1. The Bertz CT molecular complexity index is 1130. The van der Waals surface area contributed by atoms with Crippen molar-refractivity contribution in [1.82, 2.24) is 4.90 Å². The van der Waals surface area contributed by atoms with Crippen molar-refractivity contribution in [2.45, 2.75) is 6.61 Å². The van der Waals surface area contributed by atoms with Crippen LogP contribution in [0.5, 0.6) is 11.5 Å². The van der Waals surface area contributed by atoms with E-state index < -0.39 is 30.1 Å². The van der Waals surface area contributed by atoms with Gasteiger partial charge in [-0.15, -0.1) is 0 Å². The van der Waals surface area contributed by atoms with Gasteiger partial charge in [0.2, 0.25) is 0 Å². The van der Waals surface area contributed by atoms with Gasteiger partial charge in [-0.05, 0) is 47.5 Å². The van der Waals surface area contributed by atoms with E-state index in [1.54, 1.807) is 48.5 Å². The van der Waals surface area contributed by atoms with Gasteiger partial charge >= 0.3 is 5.97 Å². The number of halogens is 2. The number of amides is 1. The third kappa shape index (κ3) is 5.21. The number of carboxylic acid groups (broad SMARTS) is 1. The maximum absolute atomic E-state index is 14.3. The minimum absolute atomic E-state index is 0.0238. The maximum atomic E-state index is 14.3. The molecule has 6 nitrogen and oxygen atoms in total. The third-order valence-electron chi connectivity index (χ3n) is 4.72. The van der Waals surface area contributed by atoms with Crippen molar-refractivity contribution in [3.05, 3.63) is 83.4 Å². The van der Waals surface area contributed by atoms with Gasteiger partial charge in [-0.2, -0.15) is 0 Å². The number of benzene rings is 3. The van der Waals surface area contributed by atoms with Gasteiger partial charge in [0.25, 0.3) is 5.91 Å². The number of likely N-dealkylation sites (N-methyl/N-ethyl adjacent to an activating group) is 1. The number of hydrogen-bond acceptors (Lipinski definition) is 4. The third-order valence-corrected chi connectivity index (χ3v) is 4.72. The van der Waals surface area contributed by atoms with Crippen molar-refractivity contribution in [3.8, 4) is 22.6 Å². The lowest BCUT2D eigenvalue weighted by Gasteiger charge is -2.15. The molecule has 0 aliphatic rings. The SMILES string of the molecule is COc1ccc(F)c(F)c1-c1ccc(OCc2cccc(C(=O)N(C)CC(=O)O)c2)cc1. The standard InChI is InChI=1S/C24H21F2NO5/c1-27(13-21(28)29)24(30)17-5-3-4-15(12-17)14-32-18-8-6-16(7-9-18)22-20(31-2)11-10-19(25)23(22)26/h3-12H,13-14H2,1-2H3,(H,28,29). The molecular weight excluding hydrogens is 420 g/mol. The van der Waals surface area contributed by atoms with Crippen LogP contribution in [0.2, 0.25) is 0 Å². The Labute approximate surface area is 183 Å². The lowest BCUT2D eigenvalue weighted by molar-refractivity contribution is -0.137. The Hall–Kier alpha value is -3.94. The van der Waals surface area contributed by atoms with E-state index in [9.17, 15) is 18.4 Å². The van der Waals surface area contributed by atoms with Gasteiger partial charge in [-0.25, -0.2) is 8.78 Å². The Morgan fingerprint density at radius 2 is 1.75 bits per heavy atom. The number of aliphatic carboxylic acids is 1. The van der Waals surface area contributed by atoms with E-state index in [0.29, 0.717) is 22.4 Å². The molecule has 0 aliphatic carbocycles. The Kier molecular flexibility index (Phi) is 7.04. The van der Waals surface area contributed by atoms with Crippen LogP contribution < -0.4 is 9.47 Å². The van der Waals surface area contributed by atoms with Gasteiger partial charge in [-0.1, -0.05) is 24.3 Å². The van der Waals surface area contributed by atoms with E-state index in [-0.39, 0.29) is 17.9 Å². The predicted molar refractivity (Wildman–Crippen MR) is 114 cm³/mol. The molecule has 3 aromatic rings. The van der Waals surface area contributed by atoms with Crippen molar-refractivity contribution in [2.75, 3.05) is 20.7 Å². The summed E-state index contributed by atoms with van der Waals surface area (Å²) in [5.41, 5.74) is 1.51. The normalized spacial score (nSPS) is 10.5. The number of nitrogens with zero attached hydrogens (tertiary/aromatic N) is 1. The fraction of sp³-hybridized carbons (Fsp3) is 0.167. The highest BCUT2D eigenvalue weighted by molar-refractivity contribution is 5.95. The highest BCUT2D eigenvalue weighted by atomic mass is 19.2. The number of rotatable bonds is 8. The zero-order valence-corrected chi connectivity index (χ0v) is 17.5. The van der Waals surface area contributed by atoms with E-state index in [0.717, 1.165) is 11.0 Å². The second-order valence-electron chi connectivity index (χ2n) is 7.01. The summed E-state index contributed by atoms with van der Waals surface area (Å²) in [5, 5.41) is 8.83. The summed E-state index contributed by atoms with van der Waals surface area (Å²) in [6.07, 6.45) is 0. The molecule has 0 aromatic heterocycles. The Morgan fingerprint density at radius 1 is 1.03 bits per heavy atom. The van der Waals surface area contributed by atoms with Gasteiger partial charge in [0.05, 0.1) is 12.7 Å². The molecule has 0 saturated heterocycles. The molecular formula is C24H21F2NO5. The second-order valence-corrected chi connectivity index (χ2v) is 7.01. The van der Waals surface area contributed by atoms with Crippen LogP contribution >= 0.6 is 0 Å². The quantitative estimate of drug-likeness (QED) is 0.562. The van der Waals surface area contributed by atoms with Gasteiger partial charge in [-0.3, -0.25) is 9.59 Å². The maximum Gasteiger partial charge on any atom is 0.323 e. The number of carbonyl (C=O) groups excluding carboxylic acids is 1. The molecule has 0 heterocycles. The van der Waals surface area contributed by atoms with Crippen LogP contribution in [0.3, 0.4) is 0 Å². The highest BCUT2D eigenvalue weighted by Gasteiger charge is 2.17. The van der Waals surface area contributed by atoms with Gasteiger partial charge in [0, 0.05) is 12.6 Å². The molecule has 1 amide bonds. The fourth-order valence-corrected chi connectivity index (χ4v) is 3.15. The molecule has 0 spiro atoms. The number of methoxy groups -OCH3 is 1. The average Bonchev–Trinajstić information content (AvgIpc) is 2.79. The summed E-state index contributed by atoms with van der Waals surface area (Å²) in [4.78, 5) is 24.2. The van der Waals surface area contributed by atoms with Crippen molar-refractivity contribution < 1.29 is 33.0 Å². The van der Waals surface area contributed by atoms with E-state index >= 15 is 0 Å². The van der Waals surface area contributed by atoms with Crippen molar-refractivity contribution in [3.63, 3.8) is 0 Å². The molecule has 1 N–H and O–H groups in total. The Morgan fingerprint density at radius 3 is 2.41 bits per heavy atom. The van der Waals surface area contributed by atoms with Crippen LogP contribution in [-0.2, 0) is 11.4 Å². The first-order valence-corrected chi connectivity index (χ1v) is 9.61. The molecule has 166 valence electrons. The van der Waals surface area contributed by atoms with Crippen LogP contribution in [0.4, 0.5) is 8.78 Å². The first-order chi connectivity index (χ1) is 15.3. The van der Waals surface area contributed by atoms with Crippen LogP contribution in [0, 0.1) is 11.6 Å². The van der Waals surface area contributed by atoms with E-state index in [1.165, 1.54) is 20.2 Å². The van der Waals surface area contributed by atoms with Crippen LogP contribution in [0.15, 0.2) is 60.7 Å². The molecule has 3 aromatic carbocycles. The van der Waals surface area contributed by atoms with E-state index in [1.807, 2.05) is 0 Å². The number of carbonyl (C=O) groups is 2. The summed E-state index contributed by atoms with van der Waals surface area (Å²) < 4.78 is 38.8. The van der Waals surface area contributed by atoms with Gasteiger partial charge in [0.15, 0.2) is 11.6 Å². The zero-order valence-electron chi connectivity index (χ0n) is 17.5. The molecule has 0 bridgehead atoms. The molecule has 3 rings (SSSR count). The van der Waals surface area contributed by atoms with E-state index in [2.05, 4.69) is 0 Å². The van der Waals surface area contributed by atoms with Crippen LogP contribution in [0.1, 0.15) is 15.9 Å². The lowest BCUT2D eigenvalue weighted by Crippen LogP contribution is -2.31. The molecule has 0 aliphatic heterocycles. The monoisotopic (exact) mass is 441 g/mol. The largest absolute Gasteiger partial charge is 0.496 e. The average molecular weight is 441 g/mol. The minimum atomic E-state index is -1.10. The number of ether oxygens (including phenoxy) is 2. The first-order valence-electron chi connectivity index (χ1n) is 9.61. The molecule has 0 fully saturated rings. The van der Waals surface area contributed by atoms with Crippen LogP contribution in [-0.4, -0.2) is 42.6 Å². The van der Waals surface area contributed by atoms with Crippen LogP contribution in [0.25, 0.3) is 11.1 Å². The summed E-state index contributed by atoms with van der Waals surface area (Å²) in [5.74, 6) is -2.77. The van der Waals surface area contributed by atoms with Crippen molar-refractivity contribution in [2.24, 2.45) is 0 Å². The van der Waals surface area contributed by atoms with Crippen molar-refractivity contribution in [1.29, 1.82) is 0 Å². The van der Waals surface area contributed by atoms with Gasteiger partial charge < -0.3 is 19.5 Å². The number of carboxylic acids is 1. The first kappa shape index (κ1) is 22.7.